The highest BCUT2D eigenvalue weighted by Gasteiger charge is 2.26. The Morgan fingerprint density at radius 3 is 2.62 bits per heavy atom. The third kappa shape index (κ3) is 5.38. The first kappa shape index (κ1) is 21.4. The summed E-state index contributed by atoms with van der Waals surface area (Å²) in [7, 11) is -3.57. The molecule has 29 heavy (non-hydrogen) atoms. The summed E-state index contributed by atoms with van der Waals surface area (Å²) in [4.78, 5) is 12.2. The Kier molecular flexibility index (Phi) is 7.31. The highest BCUT2D eigenvalue weighted by molar-refractivity contribution is 7.89. The van der Waals surface area contributed by atoms with Crippen molar-refractivity contribution in [1.29, 1.82) is 0 Å². The zero-order valence-corrected chi connectivity index (χ0v) is 17.0. The summed E-state index contributed by atoms with van der Waals surface area (Å²) in [6.07, 6.45) is 0.680. The molecule has 2 aromatic rings. The molecule has 1 aliphatic heterocycles. The van der Waals surface area contributed by atoms with Gasteiger partial charge in [-0.25, -0.2) is 8.42 Å². The number of carbonyl (C=O) groups excluding carboxylic acids is 1. The normalized spacial score (nSPS) is 15.3. The van der Waals surface area contributed by atoms with Gasteiger partial charge in [0.2, 0.25) is 15.9 Å². The highest BCUT2D eigenvalue weighted by atomic mass is 32.2. The predicted octanol–water partition coefficient (Wildman–Crippen LogP) is 0.914. The van der Waals surface area contributed by atoms with E-state index in [1.807, 2.05) is 6.92 Å². The molecular weight excluding hydrogens is 400 g/mol. The van der Waals surface area contributed by atoms with Crippen molar-refractivity contribution in [2.75, 3.05) is 46.1 Å². The van der Waals surface area contributed by atoms with Gasteiger partial charge in [0.1, 0.15) is 0 Å². The second-order valence-corrected chi connectivity index (χ2v) is 8.20. The molecule has 1 aliphatic rings. The topological polar surface area (TPSA) is 124 Å². The summed E-state index contributed by atoms with van der Waals surface area (Å²) < 4.78 is 42.5. The number of rotatable bonds is 9. The number of amides is 1. The van der Waals surface area contributed by atoms with E-state index in [9.17, 15) is 13.2 Å². The molecule has 1 aromatic heterocycles. The van der Waals surface area contributed by atoms with E-state index in [0.717, 1.165) is 0 Å². The summed E-state index contributed by atoms with van der Waals surface area (Å²) in [5.41, 5.74) is 0.522. The Labute approximate surface area is 169 Å². The van der Waals surface area contributed by atoms with Crippen LogP contribution in [0.15, 0.2) is 33.6 Å². The van der Waals surface area contributed by atoms with Crippen LogP contribution in [0.3, 0.4) is 0 Å². The van der Waals surface area contributed by atoms with E-state index in [1.165, 1.54) is 16.4 Å². The van der Waals surface area contributed by atoms with E-state index in [1.54, 1.807) is 12.1 Å². The third-order valence-electron chi connectivity index (χ3n) is 4.28. The van der Waals surface area contributed by atoms with Crippen LogP contribution in [0.2, 0.25) is 0 Å². The number of morpholine rings is 1. The molecule has 11 heteroatoms. The SMILES string of the molecule is CCOCCCNC(=O)c1nnc(-c2ccc(S(=O)(=O)N3CCOCC3)cc2)o1. The number of hydrogen-bond acceptors (Lipinski definition) is 8. The lowest BCUT2D eigenvalue weighted by molar-refractivity contribution is 0.0730. The van der Waals surface area contributed by atoms with Crippen molar-refractivity contribution in [2.24, 2.45) is 0 Å². The van der Waals surface area contributed by atoms with Crippen LogP contribution in [-0.4, -0.2) is 74.9 Å². The zero-order chi connectivity index (χ0) is 20.7. The van der Waals surface area contributed by atoms with Crippen molar-refractivity contribution < 1.29 is 27.1 Å². The van der Waals surface area contributed by atoms with Crippen LogP contribution in [0.5, 0.6) is 0 Å². The number of nitrogens with one attached hydrogen (secondary N) is 1. The highest BCUT2D eigenvalue weighted by Crippen LogP contribution is 2.22. The second-order valence-electron chi connectivity index (χ2n) is 6.26. The number of nitrogens with zero attached hydrogens (tertiary/aromatic N) is 3. The van der Waals surface area contributed by atoms with Gasteiger partial charge < -0.3 is 19.2 Å². The van der Waals surface area contributed by atoms with E-state index < -0.39 is 15.9 Å². The fourth-order valence-corrected chi connectivity index (χ4v) is 4.14. The Hall–Kier alpha value is -2.34. The first-order valence-electron chi connectivity index (χ1n) is 9.40. The quantitative estimate of drug-likeness (QED) is 0.589. The summed E-state index contributed by atoms with van der Waals surface area (Å²) in [5, 5.41) is 10.3. The Morgan fingerprint density at radius 2 is 1.93 bits per heavy atom. The molecule has 0 unspecified atom stereocenters. The minimum Gasteiger partial charge on any atom is -0.412 e. The van der Waals surface area contributed by atoms with Gasteiger partial charge in [0.05, 0.1) is 18.1 Å². The standard InChI is InChI=1S/C18H24N4O6S/c1-2-26-11-3-8-19-16(23)18-21-20-17(28-18)14-4-6-15(7-5-14)29(24,25)22-9-12-27-13-10-22/h4-7H,2-3,8-13H2,1H3,(H,19,23). The maximum atomic E-state index is 12.7. The van der Waals surface area contributed by atoms with Gasteiger partial charge in [0.25, 0.3) is 0 Å². The molecule has 1 N–H and O–H groups in total. The molecule has 0 aliphatic carbocycles. The number of sulfonamides is 1. The summed E-state index contributed by atoms with van der Waals surface area (Å²) in [6, 6.07) is 6.12. The summed E-state index contributed by atoms with van der Waals surface area (Å²) >= 11 is 0. The van der Waals surface area contributed by atoms with E-state index >= 15 is 0 Å². The van der Waals surface area contributed by atoms with Crippen LogP contribution in [-0.2, 0) is 19.5 Å². The van der Waals surface area contributed by atoms with Crippen molar-refractivity contribution in [3.05, 3.63) is 30.2 Å². The molecule has 0 atom stereocenters. The maximum absolute atomic E-state index is 12.7. The smallest absolute Gasteiger partial charge is 0.308 e. The van der Waals surface area contributed by atoms with E-state index in [0.29, 0.717) is 58.0 Å². The molecule has 1 fully saturated rings. The lowest BCUT2D eigenvalue weighted by Crippen LogP contribution is -2.40. The summed E-state index contributed by atoms with van der Waals surface area (Å²) in [5.74, 6) is -0.479. The van der Waals surface area contributed by atoms with Gasteiger partial charge in [-0.3, -0.25) is 4.79 Å². The molecule has 3 rings (SSSR count). The zero-order valence-electron chi connectivity index (χ0n) is 16.2. The molecular formula is C18H24N4O6S. The van der Waals surface area contributed by atoms with Crippen LogP contribution < -0.4 is 5.32 Å². The third-order valence-corrected chi connectivity index (χ3v) is 6.20. The van der Waals surface area contributed by atoms with E-state index in [2.05, 4.69) is 15.5 Å². The van der Waals surface area contributed by atoms with Crippen LogP contribution in [0.4, 0.5) is 0 Å². The minimum atomic E-state index is -3.57. The first-order valence-corrected chi connectivity index (χ1v) is 10.8. The van der Waals surface area contributed by atoms with Gasteiger partial charge >= 0.3 is 11.8 Å². The Balaban J connectivity index is 1.62. The van der Waals surface area contributed by atoms with E-state index in [-0.39, 0.29) is 16.7 Å². The van der Waals surface area contributed by atoms with Gasteiger partial charge in [-0.15, -0.1) is 10.2 Å². The molecule has 10 nitrogen and oxygen atoms in total. The Bertz CT molecular complexity index is 907. The van der Waals surface area contributed by atoms with Gasteiger partial charge in [0, 0.05) is 38.4 Å². The van der Waals surface area contributed by atoms with Crippen LogP contribution >= 0.6 is 0 Å². The molecule has 0 spiro atoms. The molecule has 0 bridgehead atoms. The van der Waals surface area contributed by atoms with Gasteiger partial charge in [-0.05, 0) is 37.6 Å². The summed E-state index contributed by atoms with van der Waals surface area (Å²) in [6.45, 7) is 4.96. The average molecular weight is 424 g/mol. The Morgan fingerprint density at radius 1 is 1.21 bits per heavy atom. The molecule has 1 amide bonds. The molecule has 158 valence electrons. The van der Waals surface area contributed by atoms with Gasteiger partial charge in [-0.2, -0.15) is 4.31 Å². The minimum absolute atomic E-state index is 0.139. The fraction of sp³-hybridized carbons (Fsp3) is 0.500. The fourth-order valence-electron chi connectivity index (χ4n) is 2.73. The van der Waals surface area contributed by atoms with Crippen molar-refractivity contribution in [2.45, 2.75) is 18.2 Å². The monoisotopic (exact) mass is 424 g/mol. The average Bonchev–Trinajstić information content (AvgIpc) is 3.25. The van der Waals surface area contributed by atoms with Gasteiger partial charge in [-0.1, -0.05) is 0 Å². The number of carbonyl (C=O) groups is 1. The van der Waals surface area contributed by atoms with Crippen molar-refractivity contribution in [3.8, 4) is 11.5 Å². The lowest BCUT2D eigenvalue weighted by Gasteiger charge is -2.26. The number of ether oxygens (including phenoxy) is 2. The van der Waals surface area contributed by atoms with Crippen LogP contribution in [0, 0.1) is 0 Å². The van der Waals surface area contributed by atoms with Crippen LogP contribution in [0.1, 0.15) is 24.0 Å². The van der Waals surface area contributed by atoms with Crippen molar-refractivity contribution in [1.82, 2.24) is 19.8 Å². The largest absolute Gasteiger partial charge is 0.412 e. The lowest BCUT2D eigenvalue weighted by atomic mass is 10.2. The number of benzene rings is 1. The second kappa shape index (κ2) is 9.92. The maximum Gasteiger partial charge on any atom is 0.308 e. The van der Waals surface area contributed by atoms with Crippen molar-refractivity contribution >= 4 is 15.9 Å². The molecule has 1 saturated heterocycles. The molecule has 0 radical (unpaired) electrons. The van der Waals surface area contributed by atoms with Crippen LogP contribution in [0.25, 0.3) is 11.5 Å². The number of aromatic nitrogens is 2. The van der Waals surface area contributed by atoms with Crippen molar-refractivity contribution in [3.63, 3.8) is 0 Å². The molecule has 0 saturated carbocycles. The van der Waals surface area contributed by atoms with E-state index in [4.69, 9.17) is 13.9 Å². The number of hydrogen-bond donors (Lipinski definition) is 1. The first-order chi connectivity index (χ1) is 14.0. The molecule has 2 heterocycles. The predicted molar refractivity (Wildman–Crippen MR) is 103 cm³/mol. The van der Waals surface area contributed by atoms with Gasteiger partial charge in [0.15, 0.2) is 0 Å². The molecule has 1 aromatic carbocycles.